The number of unbranched alkanes of at least 4 members (excludes halogenated alkanes) is 3. The maximum atomic E-state index is 11.2. The van der Waals surface area contributed by atoms with E-state index in [1.165, 1.54) is 44.1 Å². The molecular formula is C17H29NO2S. The lowest BCUT2D eigenvalue weighted by molar-refractivity contribution is -0.139. The first-order valence-corrected chi connectivity index (χ1v) is 8.78. The molecule has 0 atom stereocenters. The van der Waals surface area contributed by atoms with Gasteiger partial charge in [0.2, 0.25) is 0 Å². The van der Waals surface area contributed by atoms with Crippen LogP contribution in [0.4, 0.5) is 0 Å². The molecule has 21 heavy (non-hydrogen) atoms. The minimum absolute atomic E-state index is 0.169. The molecule has 120 valence electrons. The summed E-state index contributed by atoms with van der Waals surface area (Å²) in [6.45, 7) is 6.55. The van der Waals surface area contributed by atoms with Crippen molar-refractivity contribution in [2.24, 2.45) is 5.92 Å². The van der Waals surface area contributed by atoms with Gasteiger partial charge in [0.05, 0.1) is 13.5 Å². The third kappa shape index (κ3) is 8.89. The van der Waals surface area contributed by atoms with Gasteiger partial charge in [0.25, 0.3) is 0 Å². The molecule has 1 rings (SSSR count). The lowest BCUT2D eigenvalue weighted by Crippen LogP contribution is -2.13. The Morgan fingerprint density at radius 2 is 1.90 bits per heavy atom. The van der Waals surface area contributed by atoms with Gasteiger partial charge in [0.15, 0.2) is 0 Å². The molecule has 0 aliphatic carbocycles. The van der Waals surface area contributed by atoms with Gasteiger partial charge in [-0.05, 0) is 31.0 Å². The zero-order valence-electron chi connectivity index (χ0n) is 13.6. The molecule has 0 unspecified atom stereocenters. The van der Waals surface area contributed by atoms with E-state index < -0.39 is 0 Å². The van der Waals surface area contributed by atoms with Crippen LogP contribution in [0.3, 0.4) is 0 Å². The largest absolute Gasteiger partial charge is 0.469 e. The smallest absolute Gasteiger partial charge is 0.310 e. The maximum Gasteiger partial charge on any atom is 0.310 e. The fraction of sp³-hybridized carbons (Fsp3) is 0.706. The zero-order valence-corrected chi connectivity index (χ0v) is 14.4. The molecule has 0 aliphatic heterocycles. The molecule has 0 aromatic carbocycles. The van der Waals surface area contributed by atoms with Crippen molar-refractivity contribution in [3.05, 3.63) is 21.9 Å². The number of hydrogen-bond acceptors (Lipinski definition) is 4. The summed E-state index contributed by atoms with van der Waals surface area (Å²) < 4.78 is 4.68. The third-order valence-corrected chi connectivity index (χ3v) is 4.53. The second-order valence-corrected chi connectivity index (χ2v) is 7.15. The van der Waals surface area contributed by atoms with Crippen LogP contribution in [0.25, 0.3) is 0 Å². The summed E-state index contributed by atoms with van der Waals surface area (Å²) in [4.78, 5) is 13.5. The molecule has 1 heterocycles. The van der Waals surface area contributed by atoms with E-state index in [9.17, 15) is 4.79 Å². The standard InChI is InChI=1S/C17H29NO2S/c1-14(2)8-6-4-5-7-11-18-13-16-10-9-15(21-16)12-17(19)20-3/h9-10,14,18H,4-8,11-13H2,1-3H3. The minimum atomic E-state index is -0.169. The molecule has 0 fully saturated rings. The Balaban J connectivity index is 2.04. The predicted molar refractivity (Wildman–Crippen MR) is 89.7 cm³/mol. The Morgan fingerprint density at radius 1 is 1.19 bits per heavy atom. The Labute approximate surface area is 133 Å². The number of nitrogens with one attached hydrogen (secondary N) is 1. The van der Waals surface area contributed by atoms with Crippen LogP contribution in [-0.2, 0) is 22.5 Å². The first-order chi connectivity index (χ1) is 10.1. The van der Waals surface area contributed by atoms with Crippen LogP contribution < -0.4 is 5.32 Å². The first kappa shape index (κ1) is 18.2. The van der Waals surface area contributed by atoms with E-state index in [2.05, 4.69) is 30.0 Å². The summed E-state index contributed by atoms with van der Waals surface area (Å²) in [5.74, 6) is 0.666. The summed E-state index contributed by atoms with van der Waals surface area (Å²) in [6, 6.07) is 4.11. The monoisotopic (exact) mass is 311 g/mol. The van der Waals surface area contributed by atoms with Crippen molar-refractivity contribution in [1.82, 2.24) is 5.32 Å². The average molecular weight is 311 g/mol. The van der Waals surface area contributed by atoms with Gasteiger partial charge >= 0.3 is 5.97 Å². The van der Waals surface area contributed by atoms with Gasteiger partial charge < -0.3 is 10.1 Å². The molecule has 0 saturated heterocycles. The normalized spacial score (nSPS) is 11.0. The minimum Gasteiger partial charge on any atom is -0.469 e. The molecule has 1 aromatic heterocycles. The predicted octanol–water partition coefficient (Wildman–Crippen LogP) is 4.16. The van der Waals surface area contributed by atoms with Crippen LogP contribution in [0.5, 0.6) is 0 Å². The average Bonchev–Trinajstić information content (AvgIpc) is 2.88. The highest BCUT2D eigenvalue weighted by molar-refractivity contribution is 7.12. The van der Waals surface area contributed by atoms with Crippen LogP contribution in [0.1, 0.15) is 55.7 Å². The molecule has 0 radical (unpaired) electrons. The molecular weight excluding hydrogens is 282 g/mol. The van der Waals surface area contributed by atoms with E-state index in [0.29, 0.717) is 6.42 Å². The van der Waals surface area contributed by atoms with E-state index in [1.54, 1.807) is 11.3 Å². The third-order valence-electron chi connectivity index (χ3n) is 3.45. The molecule has 1 N–H and O–H groups in total. The number of esters is 1. The lowest BCUT2D eigenvalue weighted by Gasteiger charge is -2.05. The van der Waals surface area contributed by atoms with E-state index in [-0.39, 0.29) is 5.97 Å². The molecule has 0 amide bonds. The fourth-order valence-corrected chi connectivity index (χ4v) is 3.17. The molecule has 4 heteroatoms. The fourth-order valence-electron chi connectivity index (χ4n) is 2.19. The molecule has 0 aliphatic rings. The van der Waals surface area contributed by atoms with Crippen molar-refractivity contribution >= 4 is 17.3 Å². The van der Waals surface area contributed by atoms with Crippen molar-refractivity contribution in [1.29, 1.82) is 0 Å². The van der Waals surface area contributed by atoms with Crippen molar-refractivity contribution in [3.63, 3.8) is 0 Å². The Hall–Kier alpha value is -0.870. The molecule has 0 saturated carbocycles. The first-order valence-electron chi connectivity index (χ1n) is 7.97. The number of carbonyl (C=O) groups is 1. The lowest BCUT2D eigenvalue weighted by atomic mass is 10.0. The number of methoxy groups -OCH3 is 1. The number of thiophene rings is 1. The maximum absolute atomic E-state index is 11.2. The van der Waals surface area contributed by atoms with Crippen molar-refractivity contribution in [2.75, 3.05) is 13.7 Å². The quantitative estimate of drug-likeness (QED) is 0.492. The van der Waals surface area contributed by atoms with E-state index in [1.807, 2.05) is 6.07 Å². The van der Waals surface area contributed by atoms with Gasteiger partial charge in [0.1, 0.15) is 0 Å². The second-order valence-electron chi connectivity index (χ2n) is 5.89. The highest BCUT2D eigenvalue weighted by Crippen LogP contribution is 2.17. The van der Waals surface area contributed by atoms with Gasteiger partial charge in [-0.3, -0.25) is 4.79 Å². The topological polar surface area (TPSA) is 38.3 Å². The van der Waals surface area contributed by atoms with Crippen LogP contribution in [-0.4, -0.2) is 19.6 Å². The molecule has 0 spiro atoms. The van der Waals surface area contributed by atoms with Crippen LogP contribution >= 0.6 is 11.3 Å². The number of ether oxygens (including phenoxy) is 1. The van der Waals surface area contributed by atoms with E-state index in [4.69, 9.17) is 0 Å². The van der Waals surface area contributed by atoms with Crippen LogP contribution in [0.15, 0.2) is 12.1 Å². The Bertz CT molecular complexity index is 401. The summed E-state index contributed by atoms with van der Waals surface area (Å²) in [5, 5.41) is 3.48. The Kier molecular flexibility index (Phi) is 9.35. The number of rotatable bonds is 11. The Morgan fingerprint density at radius 3 is 2.62 bits per heavy atom. The van der Waals surface area contributed by atoms with Crippen molar-refractivity contribution in [3.8, 4) is 0 Å². The second kappa shape index (κ2) is 10.8. The van der Waals surface area contributed by atoms with Crippen molar-refractivity contribution in [2.45, 2.75) is 58.9 Å². The van der Waals surface area contributed by atoms with Gasteiger partial charge in [-0.15, -0.1) is 11.3 Å². The summed E-state index contributed by atoms with van der Waals surface area (Å²) in [6.07, 6.45) is 7.01. The number of hydrogen-bond donors (Lipinski definition) is 1. The summed E-state index contributed by atoms with van der Waals surface area (Å²) in [5.41, 5.74) is 0. The highest BCUT2D eigenvalue weighted by Gasteiger charge is 2.05. The van der Waals surface area contributed by atoms with Gasteiger partial charge in [-0.2, -0.15) is 0 Å². The zero-order chi connectivity index (χ0) is 15.5. The summed E-state index contributed by atoms with van der Waals surface area (Å²) in [7, 11) is 1.43. The van der Waals surface area contributed by atoms with Crippen molar-refractivity contribution < 1.29 is 9.53 Å². The van der Waals surface area contributed by atoms with E-state index in [0.717, 1.165) is 23.9 Å². The van der Waals surface area contributed by atoms with Crippen LogP contribution in [0.2, 0.25) is 0 Å². The SMILES string of the molecule is COC(=O)Cc1ccc(CNCCCCCCC(C)C)s1. The van der Waals surface area contributed by atoms with E-state index >= 15 is 0 Å². The summed E-state index contributed by atoms with van der Waals surface area (Å²) >= 11 is 1.69. The van der Waals surface area contributed by atoms with Gasteiger partial charge in [-0.25, -0.2) is 0 Å². The number of carbonyl (C=O) groups excluding carboxylic acids is 1. The highest BCUT2D eigenvalue weighted by atomic mass is 32.1. The molecule has 3 nitrogen and oxygen atoms in total. The molecule has 1 aromatic rings. The van der Waals surface area contributed by atoms with Gasteiger partial charge in [0, 0.05) is 16.3 Å². The molecule has 0 bridgehead atoms. The van der Waals surface area contributed by atoms with Crippen LogP contribution in [0, 0.1) is 5.92 Å². The van der Waals surface area contributed by atoms with Gasteiger partial charge in [-0.1, -0.05) is 39.5 Å².